The number of rotatable bonds is 6. The van der Waals surface area contributed by atoms with Gasteiger partial charge in [0.1, 0.15) is 12.2 Å². The van der Waals surface area contributed by atoms with Crippen LogP contribution in [0.5, 0.6) is 0 Å². The van der Waals surface area contributed by atoms with Crippen molar-refractivity contribution in [2.45, 2.75) is 11.4 Å². The van der Waals surface area contributed by atoms with Crippen LogP contribution in [0.25, 0.3) is 0 Å². The van der Waals surface area contributed by atoms with Gasteiger partial charge < -0.3 is 4.57 Å². The zero-order valence-electron chi connectivity index (χ0n) is 11.6. The van der Waals surface area contributed by atoms with E-state index >= 15 is 0 Å². The molecule has 0 radical (unpaired) electrons. The van der Waals surface area contributed by atoms with Crippen molar-refractivity contribution in [2.24, 2.45) is 7.05 Å². The van der Waals surface area contributed by atoms with E-state index in [1.807, 2.05) is 23.6 Å². The van der Waals surface area contributed by atoms with E-state index in [1.54, 1.807) is 36.7 Å². The van der Waals surface area contributed by atoms with Gasteiger partial charge in [0.05, 0.1) is 17.2 Å². The second-order valence-electron chi connectivity index (χ2n) is 4.73. The highest BCUT2D eigenvalue weighted by Crippen LogP contribution is 2.10. The third-order valence-corrected chi connectivity index (χ3v) is 4.77. The molecule has 2 rings (SSSR count). The zero-order chi connectivity index (χ0) is 14.6. The fraction of sp³-hybridized carbons (Fsp3) is 0.385. The first kappa shape index (κ1) is 14.7. The van der Waals surface area contributed by atoms with E-state index in [0.717, 1.165) is 5.82 Å². The first-order valence-electron chi connectivity index (χ1n) is 6.28. The van der Waals surface area contributed by atoms with Gasteiger partial charge in [0, 0.05) is 13.6 Å². The second-order valence-corrected chi connectivity index (χ2v) is 6.84. The van der Waals surface area contributed by atoms with Gasteiger partial charge in [-0.2, -0.15) is 0 Å². The molecule has 0 spiro atoms. The van der Waals surface area contributed by atoms with Gasteiger partial charge in [-0.15, -0.1) is 10.2 Å². The van der Waals surface area contributed by atoms with Gasteiger partial charge in [-0.25, -0.2) is 8.42 Å². The van der Waals surface area contributed by atoms with Crippen LogP contribution in [0.1, 0.15) is 5.82 Å². The summed E-state index contributed by atoms with van der Waals surface area (Å²) in [5, 5.41) is 7.78. The highest BCUT2D eigenvalue weighted by molar-refractivity contribution is 7.91. The quantitative estimate of drug-likeness (QED) is 0.785. The molecular weight excluding hydrogens is 276 g/mol. The Bertz CT molecular complexity index is 652. The van der Waals surface area contributed by atoms with Gasteiger partial charge in [0.25, 0.3) is 0 Å². The van der Waals surface area contributed by atoms with E-state index in [2.05, 4.69) is 10.2 Å². The molecule has 1 aromatic carbocycles. The third kappa shape index (κ3) is 3.64. The van der Waals surface area contributed by atoms with Crippen LogP contribution in [0.15, 0.2) is 41.6 Å². The average Bonchev–Trinajstić information content (AvgIpc) is 2.83. The van der Waals surface area contributed by atoms with Crippen LogP contribution >= 0.6 is 0 Å². The molecule has 6 nitrogen and oxygen atoms in total. The van der Waals surface area contributed by atoms with Gasteiger partial charge >= 0.3 is 0 Å². The molecule has 20 heavy (non-hydrogen) atoms. The molecule has 0 aliphatic rings. The van der Waals surface area contributed by atoms with E-state index in [4.69, 9.17) is 0 Å². The van der Waals surface area contributed by atoms with Crippen molar-refractivity contribution in [3.05, 3.63) is 42.5 Å². The third-order valence-electron chi connectivity index (χ3n) is 3.06. The number of benzene rings is 1. The molecule has 0 saturated heterocycles. The molecule has 108 valence electrons. The van der Waals surface area contributed by atoms with E-state index < -0.39 is 9.84 Å². The Hall–Kier alpha value is -1.73. The van der Waals surface area contributed by atoms with Crippen LogP contribution in [0.3, 0.4) is 0 Å². The normalized spacial score (nSPS) is 11.9. The van der Waals surface area contributed by atoms with E-state index in [9.17, 15) is 8.42 Å². The summed E-state index contributed by atoms with van der Waals surface area (Å²) in [5.74, 6) is 0.898. The fourth-order valence-corrected chi connectivity index (χ4v) is 3.15. The monoisotopic (exact) mass is 294 g/mol. The molecule has 0 aliphatic carbocycles. The van der Waals surface area contributed by atoms with Crippen molar-refractivity contribution < 1.29 is 8.42 Å². The number of sulfone groups is 1. The van der Waals surface area contributed by atoms with Gasteiger partial charge in [-0.3, -0.25) is 4.90 Å². The maximum atomic E-state index is 12.1. The highest BCUT2D eigenvalue weighted by atomic mass is 32.2. The van der Waals surface area contributed by atoms with E-state index in [0.29, 0.717) is 18.0 Å². The summed E-state index contributed by atoms with van der Waals surface area (Å²) in [7, 11) is 0.506. The Kier molecular flexibility index (Phi) is 4.51. The van der Waals surface area contributed by atoms with Crippen molar-refractivity contribution in [3.63, 3.8) is 0 Å². The molecule has 0 saturated carbocycles. The molecule has 0 N–H and O–H groups in total. The minimum Gasteiger partial charge on any atom is -0.320 e. The summed E-state index contributed by atoms with van der Waals surface area (Å²) in [5.41, 5.74) is 0. The van der Waals surface area contributed by atoms with Gasteiger partial charge in [-0.05, 0) is 19.2 Å². The fourth-order valence-electron chi connectivity index (χ4n) is 1.79. The summed E-state index contributed by atoms with van der Waals surface area (Å²) >= 11 is 0. The van der Waals surface area contributed by atoms with Gasteiger partial charge in [0.2, 0.25) is 0 Å². The van der Waals surface area contributed by atoms with Crippen LogP contribution in [0.2, 0.25) is 0 Å². The van der Waals surface area contributed by atoms with Crippen molar-refractivity contribution in [1.29, 1.82) is 0 Å². The molecule has 0 aliphatic heterocycles. The molecule has 7 heteroatoms. The van der Waals surface area contributed by atoms with Crippen LogP contribution in [-0.4, -0.2) is 47.4 Å². The lowest BCUT2D eigenvalue weighted by atomic mass is 10.4. The Balaban J connectivity index is 1.93. The summed E-state index contributed by atoms with van der Waals surface area (Å²) in [6.07, 6.45) is 1.63. The maximum Gasteiger partial charge on any atom is 0.179 e. The van der Waals surface area contributed by atoms with Crippen LogP contribution in [-0.2, 0) is 23.4 Å². The first-order valence-corrected chi connectivity index (χ1v) is 7.93. The molecule has 0 atom stereocenters. The lowest BCUT2D eigenvalue weighted by molar-refractivity contribution is 0.332. The van der Waals surface area contributed by atoms with Crippen molar-refractivity contribution in [3.8, 4) is 0 Å². The predicted molar refractivity (Wildman–Crippen MR) is 75.8 cm³/mol. The highest BCUT2D eigenvalue weighted by Gasteiger charge is 2.15. The number of aromatic nitrogens is 3. The van der Waals surface area contributed by atoms with Gasteiger partial charge in [-0.1, -0.05) is 18.2 Å². The van der Waals surface area contributed by atoms with E-state index in [-0.39, 0.29) is 5.75 Å². The van der Waals surface area contributed by atoms with Crippen LogP contribution in [0.4, 0.5) is 0 Å². The second kappa shape index (κ2) is 6.15. The SMILES string of the molecule is CN(CCS(=O)(=O)c1ccccc1)Cc1nncn1C. The Labute approximate surface area is 119 Å². The zero-order valence-corrected chi connectivity index (χ0v) is 12.4. The average molecular weight is 294 g/mol. The largest absolute Gasteiger partial charge is 0.320 e. The minimum atomic E-state index is -3.23. The topological polar surface area (TPSA) is 68.1 Å². The molecule has 1 heterocycles. The molecular formula is C13H18N4O2S. The molecule has 0 unspecified atom stereocenters. The van der Waals surface area contributed by atoms with Crippen molar-refractivity contribution in [2.75, 3.05) is 19.3 Å². The lowest BCUT2D eigenvalue weighted by Crippen LogP contribution is -2.26. The Morgan fingerprint density at radius 1 is 1.25 bits per heavy atom. The van der Waals surface area contributed by atoms with Crippen LogP contribution < -0.4 is 0 Å². The number of nitrogens with zero attached hydrogens (tertiary/aromatic N) is 4. The molecule has 0 bridgehead atoms. The molecule has 1 aromatic heterocycles. The smallest absolute Gasteiger partial charge is 0.179 e. The van der Waals surface area contributed by atoms with E-state index in [1.165, 1.54) is 0 Å². The summed E-state index contributed by atoms with van der Waals surface area (Å²) in [4.78, 5) is 2.29. The summed E-state index contributed by atoms with van der Waals surface area (Å²) < 4.78 is 26.1. The maximum absolute atomic E-state index is 12.1. The molecule has 0 amide bonds. The lowest BCUT2D eigenvalue weighted by Gasteiger charge is -2.15. The molecule has 2 aromatic rings. The first-order chi connectivity index (χ1) is 9.49. The minimum absolute atomic E-state index is 0.0887. The number of hydrogen-bond acceptors (Lipinski definition) is 5. The number of hydrogen-bond donors (Lipinski definition) is 0. The summed E-state index contributed by atoms with van der Waals surface area (Å²) in [6.45, 7) is 1.02. The van der Waals surface area contributed by atoms with Crippen LogP contribution in [0, 0.1) is 0 Å². The number of aryl methyl sites for hydroxylation is 1. The summed E-state index contributed by atoms with van der Waals surface area (Å²) in [6, 6.07) is 8.52. The molecule has 0 fully saturated rings. The van der Waals surface area contributed by atoms with Crippen molar-refractivity contribution in [1.82, 2.24) is 19.7 Å². The predicted octanol–water partition coefficient (Wildman–Crippen LogP) is 0.721. The Morgan fingerprint density at radius 3 is 2.55 bits per heavy atom. The standard InChI is InChI=1S/C13H18N4O2S/c1-16(10-13-15-14-11-17(13)2)8-9-20(18,19)12-6-4-3-5-7-12/h3-7,11H,8-10H2,1-2H3. The van der Waals surface area contributed by atoms with Gasteiger partial charge in [0.15, 0.2) is 9.84 Å². The van der Waals surface area contributed by atoms with Crippen molar-refractivity contribution >= 4 is 9.84 Å². The Morgan fingerprint density at radius 2 is 1.95 bits per heavy atom.